The maximum Gasteiger partial charge on any atom is 0.356 e. The van der Waals surface area contributed by atoms with Crippen LogP contribution in [0.25, 0.3) is 0 Å². The van der Waals surface area contributed by atoms with Gasteiger partial charge in [0, 0.05) is 10.5 Å². The second-order valence-electron chi connectivity index (χ2n) is 4.71. The topological polar surface area (TPSA) is 103 Å². The number of hydrogen-bond acceptors (Lipinski definition) is 6. The van der Waals surface area contributed by atoms with Crippen LogP contribution >= 0.6 is 11.8 Å². The lowest BCUT2D eigenvalue weighted by Crippen LogP contribution is -2.46. The molecule has 110 valence electrons. The Morgan fingerprint density at radius 3 is 2.70 bits per heavy atom. The lowest BCUT2D eigenvalue weighted by Gasteiger charge is -2.27. The predicted octanol–water partition coefficient (Wildman–Crippen LogP) is 1.29. The van der Waals surface area contributed by atoms with Gasteiger partial charge >= 0.3 is 11.9 Å². The summed E-state index contributed by atoms with van der Waals surface area (Å²) in [6.07, 6.45) is 0. The number of carbonyl (C=O) groups is 2. The highest BCUT2D eigenvalue weighted by molar-refractivity contribution is 7.99. The molecule has 3 N–H and O–H groups in total. The number of aromatic nitrogens is 1. The lowest BCUT2D eigenvalue weighted by atomic mass is 10.1. The van der Waals surface area contributed by atoms with Crippen molar-refractivity contribution in [3.8, 4) is 0 Å². The Kier molecular flexibility index (Phi) is 5.52. The molecule has 1 aromatic heterocycles. The number of pyridine rings is 1. The first-order valence-corrected chi connectivity index (χ1v) is 6.93. The Morgan fingerprint density at radius 1 is 1.50 bits per heavy atom. The molecule has 7 heteroatoms. The summed E-state index contributed by atoms with van der Waals surface area (Å²) < 4.78 is 3.96. The fourth-order valence-electron chi connectivity index (χ4n) is 1.43. The second kappa shape index (κ2) is 6.71. The smallest absolute Gasteiger partial charge is 0.356 e. The van der Waals surface area contributed by atoms with Gasteiger partial charge in [0.15, 0.2) is 0 Å². The van der Waals surface area contributed by atoms with Gasteiger partial charge in [-0.2, -0.15) is 0 Å². The van der Waals surface area contributed by atoms with Crippen LogP contribution in [0.15, 0.2) is 18.2 Å². The molecule has 0 radical (unpaired) electrons. The number of esters is 1. The third kappa shape index (κ3) is 4.21. The van der Waals surface area contributed by atoms with E-state index in [1.807, 2.05) is 0 Å². The van der Waals surface area contributed by atoms with Crippen LogP contribution in [0.4, 0.5) is 0 Å². The number of nitrogens with two attached hydrogens (primary N) is 1. The highest BCUT2D eigenvalue weighted by Crippen LogP contribution is 2.30. The number of nitrogens with zero attached hydrogens (tertiary/aromatic N) is 1. The van der Waals surface area contributed by atoms with E-state index >= 15 is 0 Å². The number of rotatable bonds is 6. The molecule has 0 spiro atoms. The Hall–Kier alpha value is -1.60. The summed E-state index contributed by atoms with van der Waals surface area (Å²) in [5.74, 6) is -1.09. The van der Waals surface area contributed by atoms with Crippen molar-refractivity contribution in [1.29, 1.82) is 0 Å². The van der Waals surface area contributed by atoms with E-state index in [1.165, 1.54) is 18.9 Å². The molecule has 0 fully saturated rings. The summed E-state index contributed by atoms with van der Waals surface area (Å²) in [5, 5.41) is 8.95. The molecule has 0 aliphatic carbocycles. The van der Waals surface area contributed by atoms with Crippen molar-refractivity contribution < 1.29 is 19.4 Å². The van der Waals surface area contributed by atoms with Crippen molar-refractivity contribution >= 4 is 23.7 Å². The van der Waals surface area contributed by atoms with Crippen LogP contribution < -0.4 is 5.73 Å². The number of methoxy groups -OCH3 is 1. The summed E-state index contributed by atoms with van der Waals surface area (Å²) in [5.41, 5.74) is 6.54. The molecular weight excluding hydrogens is 280 g/mol. The summed E-state index contributed by atoms with van der Waals surface area (Å²) in [6.45, 7) is 3.53. The van der Waals surface area contributed by atoms with E-state index in [0.717, 1.165) is 0 Å². The molecule has 0 aliphatic heterocycles. The third-order valence-electron chi connectivity index (χ3n) is 2.81. The quantitative estimate of drug-likeness (QED) is 0.763. The van der Waals surface area contributed by atoms with Crippen LogP contribution in [0.5, 0.6) is 0 Å². The third-order valence-corrected chi connectivity index (χ3v) is 4.25. The minimum absolute atomic E-state index is 0.228. The van der Waals surface area contributed by atoms with Crippen LogP contribution in [-0.2, 0) is 15.3 Å². The Labute approximate surface area is 121 Å². The normalized spacial score (nSPS) is 12.8. The van der Waals surface area contributed by atoms with Gasteiger partial charge in [-0.1, -0.05) is 6.07 Å². The van der Waals surface area contributed by atoms with E-state index < -0.39 is 22.7 Å². The summed E-state index contributed by atoms with van der Waals surface area (Å²) in [4.78, 5) is 26.5. The molecule has 0 aromatic carbocycles. The number of ether oxygens (including phenoxy) is 1. The SMILES string of the molecule is COC(=O)c1cccc(CSC(C)(C)[C@H](N)C(=O)O)n1. The highest BCUT2D eigenvalue weighted by atomic mass is 32.2. The summed E-state index contributed by atoms with van der Waals surface area (Å²) in [6, 6.07) is 4.06. The van der Waals surface area contributed by atoms with Gasteiger partial charge in [0.25, 0.3) is 0 Å². The minimum Gasteiger partial charge on any atom is -0.480 e. The average molecular weight is 298 g/mol. The lowest BCUT2D eigenvalue weighted by molar-refractivity contribution is -0.139. The molecule has 0 bridgehead atoms. The van der Waals surface area contributed by atoms with E-state index in [1.54, 1.807) is 32.0 Å². The Bertz CT molecular complexity index is 505. The first-order chi connectivity index (χ1) is 9.27. The van der Waals surface area contributed by atoms with Gasteiger partial charge in [0.1, 0.15) is 11.7 Å². The van der Waals surface area contributed by atoms with Crippen LogP contribution in [0.2, 0.25) is 0 Å². The molecule has 0 saturated carbocycles. The molecule has 20 heavy (non-hydrogen) atoms. The molecule has 1 rings (SSSR count). The minimum atomic E-state index is -1.04. The molecule has 0 amide bonds. The summed E-state index contributed by atoms with van der Waals surface area (Å²) in [7, 11) is 1.29. The number of carbonyl (C=O) groups excluding carboxylic acids is 1. The molecule has 1 atom stereocenters. The monoisotopic (exact) mass is 298 g/mol. The first kappa shape index (κ1) is 16.5. The number of carboxylic acid groups (broad SMARTS) is 1. The number of carboxylic acids is 1. The average Bonchev–Trinajstić information content (AvgIpc) is 2.43. The van der Waals surface area contributed by atoms with Gasteiger partial charge in [-0.15, -0.1) is 11.8 Å². The van der Waals surface area contributed by atoms with E-state index in [2.05, 4.69) is 9.72 Å². The van der Waals surface area contributed by atoms with Crippen LogP contribution in [0.1, 0.15) is 30.0 Å². The largest absolute Gasteiger partial charge is 0.480 e. The maximum atomic E-state index is 11.4. The van der Waals surface area contributed by atoms with Gasteiger partial charge in [-0.25, -0.2) is 9.78 Å². The Morgan fingerprint density at radius 2 is 2.15 bits per heavy atom. The van der Waals surface area contributed by atoms with Crippen LogP contribution in [0, 0.1) is 0 Å². The zero-order chi connectivity index (χ0) is 15.3. The van der Waals surface area contributed by atoms with Crippen molar-refractivity contribution in [2.75, 3.05) is 7.11 Å². The van der Waals surface area contributed by atoms with E-state index in [-0.39, 0.29) is 5.69 Å². The van der Waals surface area contributed by atoms with Gasteiger partial charge in [-0.3, -0.25) is 4.79 Å². The predicted molar refractivity (Wildman–Crippen MR) is 76.6 cm³/mol. The van der Waals surface area contributed by atoms with E-state index in [0.29, 0.717) is 11.4 Å². The van der Waals surface area contributed by atoms with Crippen molar-refractivity contribution in [3.05, 3.63) is 29.6 Å². The van der Waals surface area contributed by atoms with Crippen LogP contribution in [-0.4, -0.2) is 39.9 Å². The molecular formula is C13H18N2O4S. The molecule has 0 unspecified atom stereocenters. The zero-order valence-electron chi connectivity index (χ0n) is 11.6. The van der Waals surface area contributed by atoms with E-state index in [4.69, 9.17) is 10.8 Å². The molecule has 0 saturated heterocycles. The first-order valence-electron chi connectivity index (χ1n) is 5.94. The highest BCUT2D eigenvalue weighted by Gasteiger charge is 2.32. The van der Waals surface area contributed by atoms with Crippen molar-refractivity contribution in [1.82, 2.24) is 4.98 Å². The standard InChI is InChI=1S/C13H18N2O4S/c1-13(2,10(14)11(16)17)20-7-8-5-4-6-9(15-8)12(18)19-3/h4-6,10H,7,14H2,1-3H3,(H,16,17)/t10-/m1/s1. The van der Waals surface area contributed by atoms with Crippen molar-refractivity contribution in [2.24, 2.45) is 5.73 Å². The molecule has 6 nitrogen and oxygen atoms in total. The van der Waals surface area contributed by atoms with Gasteiger partial charge < -0.3 is 15.6 Å². The van der Waals surface area contributed by atoms with E-state index in [9.17, 15) is 9.59 Å². The van der Waals surface area contributed by atoms with Gasteiger partial charge in [0.2, 0.25) is 0 Å². The number of hydrogen-bond donors (Lipinski definition) is 2. The zero-order valence-corrected chi connectivity index (χ0v) is 12.4. The number of aliphatic carboxylic acids is 1. The molecule has 0 aliphatic rings. The van der Waals surface area contributed by atoms with Crippen molar-refractivity contribution in [2.45, 2.75) is 30.4 Å². The molecule has 1 aromatic rings. The van der Waals surface area contributed by atoms with Gasteiger partial charge in [-0.05, 0) is 26.0 Å². The second-order valence-corrected chi connectivity index (χ2v) is 6.34. The summed E-state index contributed by atoms with van der Waals surface area (Å²) >= 11 is 1.38. The fourth-order valence-corrected chi connectivity index (χ4v) is 2.39. The van der Waals surface area contributed by atoms with Crippen molar-refractivity contribution in [3.63, 3.8) is 0 Å². The van der Waals surface area contributed by atoms with Gasteiger partial charge in [0.05, 0.1) is 12.8 Å². The number of thioether (sulfide) groups is 1. The molecule has 1 heterocycles. The van der Waals surface area contributed by atoms with Crippen LogP contribution in [0.3, 0.4) is 0 Å². The maximum absolute atomic E-state index is 11.4. The Balaban J connectivity index is 2.75. The fraction of sp³-hybridized carbons (Fsp3) is 0.462.